The summed E-state index contributed by atoms with van der Waals surface area (Å²) in [4.78, 5) is 0. The van der Waals surface area contributed by atoms with E-state index in [1.807, 2.05) is 0 Å². The van der Waals surface area contributed by atoms with E-state index in [1.165, 1.54) is 21.2 Å². The van der Waals surface area contributed by atoms with E-state index in [0.717, 1.165) is 0 Å². The van der Waals surface area contributed by atoms with Crippen LogP contribution < -0.4 is 21.2 Å². The minimum atomic E-state index is -0.619. The molecule has 0 fully saturated rings. The third-order valence-corrected chi connectivity index (χ3v) is 10.4. The van der Waals surface area contributed by atoms with Gasteiger partial charge in [0.2, 0.25) is 0 Å². The summed E-state index contributed by atoms with van der Waals surface area (Å²) in [6, 6.07) is 43.3. The van der Waals surface area contributed by atoms with Crippen molar-refractivity contribution in [3.8, 4) is 0 Å². The molecule has 4 aromatic rings. The largest absolute Gasteiger partial charge is 0.365 e. The van der Waals surface area contributed by atoms with Crippen molar-refractivity contribution in [2.75, 3.05) is 0 Å². The highest BCUT2D eigenvalue weighted by molar-refractivity contribution is 7.74. The second-order valence-electron chi connectivity index (χ2n) is 7.42. The van der Waals surface area contributed by atoms with Crippen LogP contribution >= 0.6 is 15.8 Å². The van der Waals surface area contributed by atoms with Gasteiger partial charge in [-0.1, -0.05) is 121 Å². The molecule has 31 heavy (non-hydrogen) atoms. The van der Waals surface area contributed by atoms with Gasteiger partial charge in [0.25, 0.3) is 0 Å². The Kier molecular flexibility index (Phi) is 7.66. The van der Waals surface area contributed by atoms with Crippen molar-refractivity contribution < 1.29 is 4.74 Å². The van der Waals surface area contributed by atoms with Crippen LogP contribution in [0.25, 0.3) is 0 Å². The summed E-state index contributed by atoms with van der Waals surface area (Å²) in [5.41, 5.74) is 0. The van der Waals surface area contributed by atoms with Gasteiger partial charge in [-0.2, -0.15) is 0 Å². The monoisotopic (exact) mass is 442 g/mol. The zero-order chi connectivity index (χ0) is 21.5. The Morgan fingerprint density at radius 3 is 0.871 bits per heavy atom. The molecule has 0 spiro atoms. The molecule has 0 bridgehead atoms. The van der Waals surface area contributed by atoms with Crippen LogP contribution in [0.4, 0.5) is 0 Å². The first-order chi connectivity index (χ1) is 15.2. The summed E-state index contributed by atoms with van der Waals surface area (Å²) in [7, 11) is -1.24. The van der Waals surface area contributed by atoms with Gasteiger partial charge < -0.3 is 4.74 Å². The highest BCUT2D eigenvalue weighted by Gasteiger charge is 2.28. The van der Waals surface area contributed by atoms with Crippen molar-refractivity contribution >= 4 is 37.1 Å². The van der Waals surface area contributed by atoms with E-state index in [0.29, 0.717) is 0 Å². The van der Waals surface area contributed by atoms with Crippen molar-refractivity contribution in [3.05, 3.63) is 121 Å². The highest BCUT2D eigenvalue weighted by Crippen LogP contribution is 2.46. The third-order valence-electron chi connectivity index (χ3n) is 5.26. The predicted octanol–water partition coefficient (Wildman–Crippen LogP) is 5.96. The maximum Gasteiger partial charge on any atom is 0.0829 e. The van der Waals surface area contributed by atoms with Crippen LogP contribution in [0, 0.1) is 0 Å². The summed E-state index contributed by atoms with van der Waals surface area (Å²) < 4.78 is 6.85. The lowest BCUT2D eigenvalue weighted by Gasteiger charge is -2.32. The molecule has 156 valence electrons. The van der Waals surface area contributed by atoms with Gasteiger partial charge in [0, 0.05) is 0 Å². The van der Waals surface area contributed by atoms with Gasteiger partial charge in [-0.25, -0.2) is 0 Å². The molecule has 0 N–H and O–H groups in total. The first-order valence-corrected chi connectivity index (χ1v) is 13.5. The van der Waals surface area contributed by atoms with Gasteiger partial charge in [-0.15, -0.1) is 0 Å². The maximum absolute atomic E-state index is 6.85. The smallest absolute Gasteiger partial charge is 0.0829 e. The minimum absolute atomic E-state index is 0.104. The minimum Gasteiger partial charge on any atom is -0.365 e. The zero-order valence-corrected chi connectivity index (χ0v) is 19.8. The first-order valence-electron chi connectivity index (χ1n) is 10.7. The quantitative estimate of drug-likeness (QED) is 0.306. The Morgan fingerprint density at radius 2 is 0.645 bits per heavy atom. The van der Waals surface area contributed by atoms with Crippen LogP contribution in [0.3, 0.4) is 0 Å². The molecule has 0 aromatic heterocycles. The lowest BCUT2D eigenvalue weighted by molar-refractivity contribution is 0.108. The number of benzene rings is 4. The summed E-state index contributed by atoms with van der Waals surface area (Å²) in [6.45, 7) is 4.48. The molecule has 4 rings (SSSR count). The van der Waals surface area contributed by atoms with E-state index in [2.05, 4.69) is 135 Å². The molecule has 1 nitrogen and oxygen atoms in total. The molecule has 3 heteroatoms. The van der Waals surface area contributed by atoms with Crippen LogP contribution in [0.1, 0.15) is 13.8 Å². The van der Waals surface area contributed by atoms with Crippen LogP contribution in [0.2, 0.25) is 0 Å². The van der Waals surface area contributed by atoms with Crippen LogP contribution in [-0.2, 0) is 4.74 Å². The molecular formula is C28H28OP2. The van der Waals surface area contributed by atoms with E-state index in [4.69, 9.17) is 4.74 Å². The molecule has 0 heterocycles. The van der Waals surface area contributed by atoms with Crippen molar-refractivity contribution in [1.82, 2.24) is 0 Å². The molecule has 0 saturated carbocycles. The highest BCUT2D eigenvalue weighted by atomic mass is 31.1. The zero-order valence-electron chi connectivity index (χ0n) is 18.0. The number of rotatable bonds is 8. The summed E-state index contributed by atoms with van der Waals surface area (Å²) in [6.07, 6.45) is 0. The molecule has 2 unspecified atom stereocenters. The van der Waals surface area contributed by atoms with E-state index in [-0.39, 0.29) is 11.7 Å². The van der Waals surface area contributed by atoms with Crippen molar-refractivity contribution in [2.24, 2.45) is 0 Å². The molecule has 0 amide bonds. The van der Waals surface area contributed by atoms with E-state index in [9.17, 15) is 0 Å². The van der Waals surface area contributed by atoms with E-state index in [1.54, 1.807) is 0 Å². The lowest BCUT2D eigenvalue weighted by atomic mass is 10.4. The molecule has 2 atom stereocenters. The van der Waals surface area contributed by atoms with Crippen LogP contribution in [0.15, 0.2) is 121 Å². The molecule has 4 aromatic carbocycles. The maximum atomic E-state index is 6.85. The molecule has 0 aliphatic rings. The lowest BCUT2D eigenvalue weighted by Crippen LogP contribution is -2.28. The Hall–Kier alpha value is -2.30. The SMILES string of the molecule is CC(OC(C)P(c1ccccc1)c1ccccc1)P(c1ccccc1)c1ccccc1. The Bertz CT molecular complexity index is 873. The second kappa shape index (κ2) is 10.8. The fraction of sp³-hybridized carbons (Fsp3) is 0.143. The van der Waals surface area contributed by atoms with Crippen molar-refractivity contribution in [1.29, 1.82) is 0 Å². The topological polar surface area (TPSA) is 9.23 Å². The van der Waals surface area contributed by atoms with Crippen molar-refractivity contribution in [3.63, 3.8) is 0 Å². The van der Waals surface area contributed by atoms with Gasteiger partial charge in [-0.05, 0) is 50.9 Å². The predicted molar refractivity (Wildman–Crippen MR) is 138 cm³/mol. The molecule has 0 aliphatic carbocycles. The molecule has 0 aliphatic heterocycles. The molecule has 0 radical (unpaired) electrons. The standard InChI is InChI=1S/C28H28OP2/c1-23(30(25-15-7-3-8-16-25)26-17-9-4-10-18-26)29-24(2)31(27-19-11-5-12-20-27)28-21-13-6-14-22-28/h3-24H,1-2H3. The second-order valence-corrected chi connectivity index (χ2v) is 12.4. The van der Waals surface area contributed by atoms with Crippen LogP contribution in [-0.4, -0.2) is 11.7 Å². The normalized spacial score (nSPS) is 13.3. The average molecular weight is 442 g/mol. The van der Waals surface area contributed by atoms with Crippen molar-refractivity contribution in [2.45, 2.75) is 25.5 Å². The average Bonchev–Trinajstić information content (AvgIpc) is 2.82. The van der Waals surface area contributed by atoms with E-state index < -0.39 is 15.8 Å². The Morgan fingerprint density at radius 1 is 0.419 bits per heavy atom. The van der Waals surface area contributed by atoms with Crippen LogP contribution in [0.5, 0.6) is 0 Å². The number of ether oxygens (including phenoxy) is 1. The van der Waals surface area contributed by atoms with E-state index >= 15 is 0 Å². The summed E-state index contributed by atoms with van der Waals surface area (Å²) in [5, 5.41) is 5.42. The third kappa shape index (κ3) is 5.50. The fourth-order valence-electron chi connectivity index (χ4n) is 3.90. The van der Waals surface area contributed by atoms with Gasteiger partial charge in [0.15, 0.2) is 0 Å². The van der Waals surface area contributed by atoms with Gasteiger partial charge >= 0.3 is 0 Å². The molecular weight excluding hydrogens is 414 g/mol. The number of hydrogen-bond acceptors (Lipinski definition) is 1. The summed E-state index contributed by atoms with van der Waals surface area (Å²) >= 11 is 0. The fourth-order valence-corrected chi connectivity index (χ4v) is 8.85. The Balaban J connectivity index is 1.65. The van der Waals surface area contributed by atoms with Gasteiger partial charge in [0.05, 0.1) is 11.7 Å². The molecule has 0 saturated heterocycles. The first kappa shape index (κ1) is 21.9. The Labute approximate surface area is 188 Å². The summed E-state index contributed by atoms with van der Waals surface area (Å²) in [5.74, 6) is 0.208. The van der Waals surface area contributed by atoms with Gasteiger partial charge in [-0.3, -0.25) is 0 Å². The number of hydrogen-bond donors (Lipinski definition) is 0. The van der Waals surface area contributed by atoms with Gasteiger partial charge in [0.1, 0.15) is 0 Å².